The molecule has 1 aromatic rings. The van der Waals surface area contributed by atoms with Crippen molar-refractivity contribution in [2.24, 2.45) is 0 Å². The molecule has 3 aliphatic rings. The van der Waals surface area contributed by atoms with Crippen molar-refractivity contribution in [1.29, 1.82) is 0 Å². The third-order valence-corrected chi connectivity index (χ3v) is 8.09. The van der Waals surface area contributed by atoms with Crippen LogP contribution in [0, 0.1) is 0 Å². The lowest BCUT2D eigenvalue weighted by Crippen LogP contribution is -2.43. The van der Waals surface area contributed by atoms with Crippen LogP contribution in [0.2, 0.25) is 0 Å². The van der Waals surface area contributed by atoms with Crippen LogP contribution < -0.4 is 10.2 Å². The Hall–Kier alpha value is -1.23. The summed E-state index contributed by atoms with van der Waals surface area (Å²) in [5, 5.41) is 3.80. The molecule has 0 amide bonds. The molecule has 1 atom stereocenters. The Balaban J connectivity index is 1.36. The smallest absolute Gasteiger partial charge is 0.345 e. The number of halogens is 2. The van der Waals surface area contributed by atoms with Gasteiger partial charge in [0.1, 0.15) is 5.82 Å². The van der Waals surface area contributed by atoms with Gasteiger partial charge in [0.2, 0.25) is 5.95 Å². The number of hydrogen-bond acceptors (Lipinski definition) is 8. The Bertz CT molecular complexity index is 754. The Kier molecular flexibility index (Phi) is 8.07. The lowest BCUT2D eigenvalue weighted by atomic mass is 10.0. The van der Waals surface area contributed by atoms with E-state index in [1.807, 2.05) is 11.8 Å². The minimum Gasteiger partial charge on any atom is -0.356 e. The zero-order valence-electron chi connectivity index (χ0n) is 19.4. The van der Waals surface area contributed by atoms with Crippen molar-refractivity contribution in [2.75, 3.05) is 63.6 Å². The van der Waals surface area contributed by atoms with Crippen molar-refractivity contribution in [1.82, 2.24) is 19.8 Å². The van der Waals surface area contributed by atoms with Gasteiger partial charge in [-0.3, -0.25) is 0 Å². The monoisotopic (exact) mass is 470 g/mol. The van der Waals surface area contributed by atoms with Gasteiger partial charge in [-0.1, -0.05) is 0 Å². The molecule has 2 fully saturated rings. The predicted octanol–water partition coefficient (Wildman–Crippen LogP) is 3.43. The number of fused-ring (bicyclic) bond motifs is 1. The Morgan fingerprint density at radius 3 is 2.50 bits per heavy atom. The van der Waals surface area contributed by atoms with Gasteiger partial charge in [0, 0.05) is 48.8 Å². The molecule has 4 heterocycles. The summed E-state index contributed by atoms with van der Waals surface area (Å²) in [7, 11) is 4.33. The van der Waals surface area contributed by atoms with E-state index in [1.54, 1.807) is 0 Å². The number of ether oxygens (including phenoxy) is 1. The van der Waals surface area contributed by atoms with Gasteiger partial charge in [0.05, 0.1) is 11.8 Å². The minimum atomic E-state index is -2.70. The highest BCUT2D eigenvalue weighted by Gasteiger charge is 2.31. The second kappa shape index (κ2) is 10.8. The van der Waals surface area contributed by atoms with E-state index in [4.69, 9.17) is 14.7 Å². The molecule has 0 spiro atoms. The van der Waals surface area contributed by atoms with Crippen LogP contribution in [-0.4, -0.2) is 91.9 Å². The van der Waals surface area contributed by atoms with Crippen LogP contribution in [0.25, 0.3) is 0 Å². The molecule has 32 heavy (non-hydrogen) atoms. The third-order valence-electron chi connectivity index (χ3n) is 6.92. The summed E-state index contributed by atoms with van der Waals surface area (Å²) in [6.07, 6.45) is 3.25. The topological polar surface area (TPSA) is 56.8 Å². The van der Waals surface area contributed by atoms with Crippen molar-refractivity contribution >= 4 is 23.5 Å². The molecule has 180 valence electrons. The molecule has 2 saturated heterocycles. The van der Waals surface area contributed by atoms with Crippen LogP contribution in [0.5, 0.6) is 0 Å². The summed E-state index contributed by atoms with van der Waals surface area (Å²) in [6.45, 7) is 4.91. The number of likely N-dealkylation sites (tertiary alicyclic amines) is 1. The molecule has 0 radical (unpaired) electrons. The zero-order valence-corrected chi connectivity index (χ0v) is 20.2. The van der Waals surface area contributed by atoms with Crippen LogP contribution in [-0.2, 0) is 10.5 Å². The maximum Gasteiger partial charge on any atom is 0.345 e. The van der Waals surface area contributed by atoms with Gasteiger partial charge in [-0.15, -0.1) is 11.8 Å². The number of nitrogens with one attached hydrogen (secondary N) is 1. The number of rotatable bonds is 8. The lowest BCUT2D eigenvalue weighted by Gasteiger charge is -2.35. The van der Waals surface area contributed by atoms with Crippen LogP contribution in [0.1, 0.15) is 49.1 Å². The quantitative estimate of drug-likeness (QED) is 0.620. The highest BCUT2D eigenvalue weighted by Crippen LogP contribution is 2.44. The minimum absolute atomic E-state index is 0.345. The van der Waals surface area contributed by atoms with E-state index in [0.29, 0.717) is 43.2 Å². The molecule has 1 aromatic heterocycles. The summed E-state index contributed by atoms with van der Waals surface area (Å²) < 4.78 is 29.8. The Morgan fingerprint density at radius 2 is 1.84 bits per heavy atom. The molecule has 1 N–H and O–H groups in total. The molecular weight excluding hydrogens is 434 g/mol. The lowest BCUT2D eigenvalue weighted by molar-refractivity contribution is -0.166. The van der Waals surface area contributed by atoms with Gasteiger partial charge >= 0.3 is 6.61 Å². The number of hydrogen-bond donors (Lipinski definition) is 1. The van der Waals surface area contributed by atoms with E-state index in [0.717, 1.165) is 43.4 Å². The number of aromatic nitrogens is 2. The van der Waals surface area contributed by atoms with Crippen LogP contribution in [0.4, 0.5) is 20.5 Å². The first kappa shape index (κ1) is 23.9. The number of nitrogens with zero attached hydrogens (tertiary/aromatic N) is 5. The molecule has 0 saturated carbocycles. The standard InChI is InChI=1S/C22H36F2N6OS/c1-15-19-18(14-32-15)20(30-11-6-17(7-12-30)31-21(23)24)27-22(26-19)25-8-13-29-9-4-16(5-10-29)28(2)3/h15-17,21H,4-14H2,1-3H3,(H,25,26,27). The maximum absolute atomic E-state index is 12.5. The number of alkyl halides is 2. The van der Waals surface area contributed by atoms with E-state index < -0.39 is 6.61 Å². The number of piperidine rings is 2. The fourth-order valence-electron chi connectivity index (χ4n) is 4.93. The van der Waals surface area contributed by atoms with Gasteiger partial charge in [-0.05, 0) is 59.8 Å². The Morgan fingerprint density at radius 1 is 1.12 bits per heavy atom. The highest BCUT2D eigenvalue weighted by molar-refractivity contribution is 7.99. The average molecular weight is 471 g/mol. The zero-order chi connectivity index (χ0) is 22.7. The number of anilines is 2. The molecule has 4 rings (SSSR count). The van der Waals surface area contributed by atoms with E-state index >= 15 is 0 Å². The van der Waals surface area contributed by atoms with Crippen LogP contribution >= 0.6 is 11.8 Å². The first-order valence-electron chi connectivity index (χ1n) is 11.7. The van der Waals surface area contributed by atoms with Crippen LogP contribution in [0.3, 0.4) is 0 Å². The SMILES string of the molecule is CC1SCc2c1nc(NCCN1CCC(N(C)C)CC1)nc2N1CCC(OC(F)F)CC1. The fraction of sp³-hybridized carbons (Fsp3) is 0.818. The summed E-state index contributed by atoms with van der Waals surface area (Å²) in [5.74, 6) is 2.55. The van der Waals surface area contributed by atoms with Gasteiger partial charge in [0.25, 0.3) is 0 Å². The van der Waals surface area contributed by atoms with Crippen molar-refractivity contribution in [3.8, 4) is 0 Å². The van der Waals surface area contributed by atoms with Gasteiger partial charge in [-0.2, -0.15) is 13.8 Å². The van der Waals surface area contributed by atoms with Crippen molar-refractivity contribution in [3.63, 3.8) is 0 Å². The fourth-order valence-corrected chi connectivity index (χ4v) is 5.97. The largest absolute Gasteiger partial charge is 0.356 e. The van der Waals surface area contributed by atoms with E-state index in [2.05, 4.69) is 41.0 Å². The highest BCUT2D eigenvalue weighted by atomic mass is 32.2. The molecule has 0 aliphatic carbocycles. The second-order valence-electron chi connectivity index (χ2n) is 9.23. The number of thioether (sulfide) groups is 1. The van der Waals surface area contributed by atoms with Gasteiger partial charge in [0.15, 0.2) is 0 Å². The second-order valence-corrected chi connectivity index (χ2v) is 10.6. The van der Waals surface area contributed by atoms with Gasteiger partial charge < -0.3 is 24.8 Å². The average Bonchev–Trinajstić information content (AvgIpc) is 3.14. The summed E-state index contributed by atoms with van der Waals surface area (Å²) in [6, 6.07) is 0.691. The molecule has 1 unspecified atom stereocenters. The predicted molar refractivity (Wildman–Crippen MR) is 126 cm³/mol. The molecule has 10 heteroatoms. The molecule has 7 nitrogen and oxygen atoms in total. The van der Waals surface area contributed by atoms with Crippen molar-refractivity contribution < 1.29 is 13.5 Å². The first-order valence-corrected chi connectivity index (χ1v) is 12.8. The summed E-state index contributed by atoms with van der Waals surface area (Å²) in [4.78, 5) is 16.8. The van der Waals surface area contributed by atoms with Crippen molar-refractivity contribution in [3.05, 3.63) is 11.3 Å². The summed E-state index contributed by atoms with van der Waals surface area (Å²) in [5.41, 5.74) is 2.31. The Labute approximate surface area is 194 Å². The molecule has 3 aliphatic heterocycles. The third kappa shape index (κ3) is 5.81. The molecular formula is C22H36F2N6OS. The van der Waals surface area contributed by atoms with Gasteiger partial charge in [-0.25, -0.2) is 4.98 Å². The van der Waals surface area contributed by atoms with E-state index in [1.165, 1.54) is 18.4 Å². The molecule has 0 aromatic carbocycles. The molecule has 0 bridgehead atoms. The maximum atomic E-state index is 12.5. The van der Waals surface area contributed by atoms with E-state index in [-0.39, 0.29) is 6.10 Å². The summed E-state index contributed by atoms with van der Waals surface area (Å²) >= 11 is 1.88. The normalized spacial score (nSPS) is 23.3. The first-order chi connectivity index (χ1) is 15.4. The van der Waals surface area contributed by atoms with Crippen molar-refractivity contribution in [2.45, 2.75) is 62.4 Å². The van der Waals surface area contributed by atoms with E-state index in [9.17, 15) is 8.78 Å². The van der Waals surface area contributed by atoms with Crippen LogP contribution in [0.15, 0.2) is 0 Å².